The van der Waals surface area contributed by atoms with Crippen LogP contribution in [0.2, 0.25) is 0 Å². The van der Waals surface area contributed by atoms with Crippen molar-refractivity contribution in [3.05, 3.63) is 45.0 Å². The summed E-state index contributed by atoms with van der Waals surface area (Å²) in [5.74, 6) is 0.253. The maximum Gasteiger partial charge on any atom is 0.311 e. The van der Waals surface area contributed by atoms with E-state index in [0.717, 1.165) is 17.7 Å². The molecule has 1 rings (SSSR count). The number of rotatable bonds is 7. The summed E-state index contributed by atoms with van der Waals surface area (Å²) in [4.78, 5) is 10.6. The van der Waals surface area contributed by atoms with Gasteiger partial charge in [-0.2, -0.15) is 0 Å². The molecule has 1 aromatic rings. The standard InChI is InChI=1S/C13H17ClN2O3/c1-3-15-8-11-4-5-13(12(6-11)16(17)18)19-9-10(2)7-14/h4-7,15H,3,8-9H2,1-2H3/b10-7+. The molecular formula is C13H17ClN2O3. The Labute approximate surface area is 117 Å². The van der Waals surface area contributed by atoms with Crippen LogP contribution in [0.1, 0.15) is 19.4 Å². The van der Waals surface area contributed by atoms with E-state index >= 15 is 0 Å². The van der Waals surface area contributed by atoms with Crippen LogP contribution in [0.5, 0.6) is 5.75 Å². The lowest BCUT2D eigenvalue weighted by Crippen LogP contribution is -2.12. The zero-order chi connectivity index (χ0) is 14.3. The smallest absolute Gasteiger partial charge is 0.311 e. The molecule has 19 heavy (non-hydrogen) atoms. The Kier molecular flexibility index (Phi) is 6.32. The first-order valence-electron chi connectivity index (χ1n) is 5.95. The van der Waals surface area contributed by atoms with E-state index in [2.05, 4.69) is 5.32 Å². The molecule has 0 radical (unpaired) electrons. The third-order valence-corrected chi connectivity index (χ3v) is 2.81. The molecule has 0 aromatic heterocycles. The summed E-state index contributed by atoms with van der Waals surface area (Å²) in [6, 6.07) is 4.95. The fourth-order valence-corrected chi connectivity index (χ4v) is 1.49. The molecule has 0 aliphatic carbocycles. The van der Waals surface area contributed by atoms with Gasteiger partial charge in [0.15, 0.2) is 5.75 Å². The molecule has 6 heteroatoms. The van der Waals surface area contributed by atoms with Gasteiger partial charge in [0, 0.05) is 18.1 Å². The summed E-state index contributed by atoms with van der Waals surface area (Å²) in [5, 5.41) is 14.1. The van der Waals surface area contributed by atoms with E-state index in [1.54, 1.807) is 13.0 Å². The number of nitro groups is 1. The minimum atomic E-state index is -0.440. The second-order valence-electron chi connectivity index (χ2n) is 4.08. The Bertz CT molecular complexity index is 475. The van der Waals surface area contributed by atoms with Crippen LogP contribution in [0.15, 0.2) is 29.3 Å². The SMILES string of the molecule is CCNCc1ccc(OC/C(C)=C/Cl)c([N+](=O)[O-])c1. The lowest BCUT2D eigenvalue weighted by Gasteiger charge is -2.08. The van der Waals surface area contributed by atoms with Gasteiger partial charge in [0.1, 0.15) is 6.61 Å². The molecule has 0 heterocycles. The summed E-state index contributed by atoms with van der Waals surface area (Å²) < 4.78 is 5.40. The second kappa shape index (κ2) is 7.76. The van der Waals surface area contributed by atoms with Gasteiger partial charge in [0.25, 0.3) is 0 Å². The molecule has 0 spiro atoms. The molecule has 0 saturated heterocycles. The van der Waals surface area contributed by atoms with Gasteiger partial charge in [0.05, 0.1) is 4.92 Å². The van der Waals surface area contributed by atoms with Gasteiger partial charge in [-0.05, 0) is 30.7 Å². The van der Waals surface area contributed by atoms with Gasteiger partial charge in [-0.15, -0.1) is 0 Å². The summed E-state index contributed by atoms with van der Waals surface area (Å²) in [6.07, 6.45) is 0. The van der Waals surface area contributed by atoms with E-state index in [9.17, 15) is 10.1 Å². The molecule has 0 bridgehead atoms. The zero-order valence-electron chi connectivity index (χ0n) is 11.0. The summed E-state index contributed by atoms with van der Waals surface area (Å²) in [5.41, 5.74) is 3.02. The van der Waals surface area contributed by atoms with E-state index in [1.165, 1.54) is 11.6 Å². The molecule has 0 aliphatic heterocycles. The molecular weight excluding hydrogens is 268 g/mol. The Balaban J connectivity index is 2.88. The minimum Gasteiger partial charge on any atom is -0.482 e. The van der Waals surface area contributed by atoms with Gasteiger partial charge in [0.2, 0.25) is 0 Å². The van der Waals surface area contributed by atoms with Crippen LogP contribution in [0.25, 0.3) is 0 Å². The van der Waals surface area contributed by atoms with Crippen molar-refractivity contribution >= 4 is 17.3 Å². The predicted molar refractivity (Wildman–Crippen MR) is 75.6 cm³/mol. The average molecular weight is 285 g/mol. The van der Waals surface area contributed by atoms with Crippen molar-refractivity contribution in [2.24, 2.45) is 0 Å². The van der Waals surface area contributed by atoms with Crippen molar-refractivity contribution in [3.63, 3.8) is 0 Å². The van der Waals surface area contributed by atoms with E-state index < -0.39 is 4.92 Å². The number of hydrogen-bond acceptors (Lipinski definition) is 4. The topological polar surface area (TPSA) is 64.4 Å². The molecule has 5 nitrogen and oxygen atoms in total. The maximum absolute atomic E-state index is 11.0. The third kappa shape index (κ3) is 4.89. The van der Waals surface area contributed by atoms with Crippen molar-refractivity contribution in [1.82, 2.24) is 5.32 Å². The molecule has 1 N–H and O–H groups in total. The zero-order valence-corrected chi connectivity index (χ0v) is 11.7. The first-order chi connectivity index (χ1) is 9.08. The highest BCUT2D eigenvalue weighted by Crippen LogP contribution is 2.28. The number of hydrogen-bond donors (Lipinski definition) is 1. The van der Waals surface area contributed by atoms with Crippen LogP contribution in [0, 0.1) is 10.1 Å². The number of halogens is 1. The lowest BCUT2D eigenvalue weighted by molar-refractivity contribution is -0.385. The highest BCUT2D eigenvalue weighted by Gasteiger charge is 2.15. The van der Waals surface area contributed by atoms with Gasteiger partial charge in [-0.3, -0.25) is 10.1 Å². The molecule has 0 amide bonds. The molecule has 0 atom stereocenters. The predicted octanol–water partition coefficient (Wildman–Crippen LogP) is 3.23. The number of nitrogens with one attached hydrogen (secondary N) is 1. The third-order valence-electron chi connectivity index (χ3n) is 2.44. The van der Waals surface area contributed by atoms with Crippen LogP contribution in [-0.2, 0) is 6.54 Å². The molecule has 104 valence electrons. The largest absolute Gasteiger partial charge is 0.482 e. The number of nitrogens with zero attached hydrogens (tertiary/aromatic N) is 1. The first-order valence-corrected chi connectivity index (χ1v) is 6.38. The van der Waals surface area contributed by atoms with Crippen molar-refractivity contribution in [2.45, 2.75) is 20.4 Å². The van der Waals surface area contributed by atoms with Crippen molar-refractivity contribution in [2.75, 3.05) is 13.2 Å². The summed E-state index contributed by atoms with van der Waals surface area (Å²) >= 11 is 5.52. The highest BCUT2D eigenvalue weighted by atomic mass is 35.5. The Morgan fingerprint density at radius 3 is 2.89 bits per heavy atom. The lowest BCUT2D eigenvalue weighted by atomic mass is 10.2. The van der Waals surface area contributed by atoms with E-state index in [1.807, 2.05) is 13.0 Å². The Hall–Kier alpha value is -1.59. The van der Waals surface area contributed by atoms with E-state index in [0.29, 0.717) is 6.54 Å². The van der Waals surface area contributed by atoms with Gasteiger partial charge < -0.3 is 10.1 Å². The molecule has 0 saturated carbocycles. The van der Waals surface area contributed by atoms with Crippen LogP contribution in [0.4, 0.5) is 5.69 Å². The molecule has 1 aromatic carbocycles. The van der Waals surface area contributed by atoms with Gasteiger partial charge in [-0.25, -0.2) is 0 Å². The number of benzene rings is 1. The average Bonchev–Trinajstić information content (AvgIpc) is 2.42. The van der Waals surface area contributed by atoms with Crippen molar-refractivity contribution in [1.29, 1.82) is 0 Å². The molecule has 0 aliphatic rings. The minimum absolute atomic E-state index is 0.0298. The van der Waals surface area contributed by atoms with E-state index in [-0.39, 0.29) is 18.0 Å². The van der Waals surface area contributed by atoms with Crippen molar-refractivity contribution in [3.8, 4) is 5.75 Å². The van der Waals surface area contributed by atoms with E-state index in [4.69, 9.17) is 16.3 Å². The Morgan fingerprint density at radius 1 is 1.58 bits per heavy atom. The normalized spacial score (nSPS) is 11.4. The molecule has 0 unspecified atom stereocenters. The molecule has 0 fully saturated rings. The second-order valence-corrected chi connectivity index (χ2v) is 4.30. The van der Waals surface area contributed by atoms with Crippen LogP contribution in [-0.4, -0.2) is 18.1 Å². The highest BCUT2D eigenvalue weighted by molar-refractivity contribution is 6.25. The van der Waals surface area contributed by atoms with Crippen LogP contribution >= 0.6 is 11.6 Å². The summed E-state index contributed by atoms with van der Waals surface area (Å²) in [6.45, 7) is 5.41. The van der Waals surface area contributed by atoms with Crippen molar-refractivity contribution < 1.29 is 9.66 Å². The van der Waals surface area contributed by atoms with Gasteiger partial charge >= 0.3 is 5.69 Å². The summed E-state index contributed by atoms with van der Waals surface area (Å²) in [7, 11) is 0. The first kappa shape index (κ1) is 15.5. The maximum atomic E-state index is 11.0. The number of ether oxygens (including phenoxy) is 1. The van der Waals surface area contributed by atoms with Gasteiger partial charge in [-0.1, -0.05) is 24.6 Å². The number of nitro benzene ring substituents is 1. The monoisotopic (exact) mass is 284 g/mol. The Morgan fingerprint density at radius 2 is 2.32 bits per heavy atom. The van der Waals surface area contributed by atoms with Crippen LogP contribution in [0.3, 0.4) is 0 Å². The fourth-order valence-electron chi connectivity index (χ4n) is 1.43. The quantitative estimate of drug-likeness (QED) is 0.617. The van der Waals surface area contributed by atoms with Crippen LogP contribution < -0.4 is 10.1 Å². The fraction of sp³-hybridized carbons (Fsp3) is 0.385.